The Kier molecular flexibility index (Phi) is 7.29. The fourth-order valence-corrected chi connectivity index (χ4v) is 3.71. The van der Waals surface area contributed by atoms with Crippen molar-refractivity contribution in [2.24, 2.45) is 0 Å². The second kappa shape index (κ2) is 10.1. The molecule has 2 aromatic carbocycles. The van der Waals surface area contributed by atoms with Crippen LogP contribution >= 0.6 is 0 Å². The summed E-state index contributed by atoms with van der Waals surface area (Å²) in [6, 6.07) is 12.2. The molecule has 0 unspecified atom stereocenters. The van der Waals surface area contributed by atoms with Gasteiger partial charge < -0.3 is 14.8 Å². The first-order chi connectivity index (χ1) is 13.6. The summed E-state index contributed by atoms with van der Waals surface area (Å²) in [6.45, 7) is 0.0318. The average Bonchev–Trinajstić information content (AvgIpc) is 2.98. The van der Waals surface area contributed by atoms with Gasteiger partial charge in [0.25, 0.3) is 5.91 Å². The van der Waals surface area contributed by atoms with Gasteiger partial charge in [-0.3, -0.25) is 9.59 Å². The van der Waals surface area contributed by atoms with E-state index in [0.29, 0.717) is 18.6 Å². The Morgan fingerprint density at radius 2 is 1.75 bits per heavy atom. The summed E-state index contributed by atoms with van der Waals surface area (Å²) in [5.41, 5.74) is 1.07. The van der Waals surface area contributed by atoms with E-state index in [-0.39, 0.29) is 24.5 Å². The van der Waals surface area contributed by atoms with Crippen molar-refractivity contribution in [3.8, 4) is 5.75 Å². The van der Waals surface area contributed by atoms with E-state index >= 15 is 0 Å². The molecule has 1 fully saturated rings. The maximum Gasteiger partial charge on any atom is 0.305 e. The summed E-state index contributed by atoms with van der Waals surface area (Å²) >= 11 is 0. The number of carbonyl (C=O) groups excluding carboxylic acids is 2. The van der Waals surface area contributed by atoms with Crippen molar-refractivity contribution in [2.75, 3.05) is 13.7 Å². The molecule has 0 bridgehead atoms. The van der Waals surface area contributed by atoms with Crippen molar-refractivity contribution in [1.82, 2.24) is 5.32 Å². The van der Waals surface area contributed by atoms with Crippen molar-refractivity contribution >= 4 is 22.6 Å². The van der Waals surface area contributed by atoms with Crippen molar-refractivity contribution in [1.29, 1.82) is 0 Å². The molecule has 1 N–H and O–H groups in total. The van der Waals surface area contributed by atoms with Crippen LogP contribution < -0.4 is 10.1 Å². The third-order valence-electron chi connectivity index (χ3n) is 5.31. The zero-order chi connectivity index (χ0) is 19.8. The summed E-state index contributed by atoms with van der Waals surface area (Å²) in [7, 11) is 1.40. The molecule has 1 aliphatic carbocycles. The normalized spacial score (nSPS) is 15.0. The Bertz CT molecular complexity index is 809. The molecule has 2 aromatic rings. The van der Waals surface area contributed by atoms with E-state index in [4.69, 9.17) is 9.47 Å². The van der Waals surface area contributed by atoms with E-state index < -0.39 is 0 Å². The summed E-state index contributed by atoms with van der Waals surface area (Å²) in [4.78, 5) is 23.5. The fraction of sp³-hybridized carbons (Fsp3) is 0.478. The number of amides is 1. The van der Waals surface area contributed by atoms with Gasteiger partial charge in [0, 0.05) is 12.5 Å². The molecule has 0 heterocycles. The van der Waals surface area contributed by atoms with E-state index in [1.54, 1.807) is 0 Å². The lowest BCUT2D eigenvalue weighted by Gasteiger charge is -2.16. The minimum Gasteiger partial charge on any atom is -0.484 e. The van der Waals surface area contributed by atoms with Gasteiger partial charge in [-0.05, 0) is 47.7 Å². The maximum absolute atomic E-state index is 12.2. The molecule has 0 atom stereocenters. The van der Waals surface area contributed by atoms with Crippen LogP contribution in [0, 0.1) is 0 Å². The molecule has 1 saturated carbocycles. The van der Waals surface area contributed by atoms with E-state index in [1.807, 2.05) is 30.3 Å². The highest BCUT2D eigenvalue weighted by Crippen LogP contribution is 2.23. The summed E-state index contributed by atoms with van der Waals surface area (Å²) in [5, 5.41) is 5.23. The molecule has 5 heteroatoms. The van der Waals surface area contributed by atoms with Crippen LogP contribution in [0.15, 0.2) is 36.4 Å². The van der Waals surface area contributed by atoms with Gasteiger partial charge in [0.1, 0.15) is 5.75 Å². The fourth-order valence-electron chi connectivity index (χ4n) is 3.71. The van der Waals surface area contributed by atoms with E-state index in [1.165, 1.54) is 32.8 Å². The van der Waals surface area contributed by atoms with Crippen molar-refractivity contribution in [3.63, 3.8) is 0 Å². The van der Waals surface area contributed by atoms with Crippen molar-refractivity contribution in [3.05, 3.63) is 42.0 Å². The highest BCUT2D eigenvalue weighted by Gasteiger charge is 2.15. The van der Waals surface area contributed by atoms with E-state index in [0.717, 1.165) is 29.2 Å². The molecule has 0 spiro atoms. The molecule has 3 rings (SSSR count). The predicted molar refractivity (Wildman–Crippen MR) is 109 cm³/mol. The van der Waals surface area contributed by atoms with Crippen LogP contribution in [0.4, 0.5) is 0 Å². The maximum atomic E-state index is 12.2. The average molecular weight is 383 g/mol. The van der Waals surface area contributed by atoms with Crippen LogP contribution in [0.2, 0.25) is 0 Å². The number of nitrogens with one attached hydrogen (secondary N) is 1. The van der Waals surface area contributed by atoms with E-state index in [9.17, 15) is 9.59 Å². The first-order valence-electron chi connectivity index (χ1n) is 10.2. The van der Waals surface area contributed by atoms with Crippen LogP contribution in [-0.4, -0.2) is 31.6 Å². The van der Waals surface area contributed by atoms with Crippen molar-refractivity contribution in [2.45, 2.75) is 57.4 Å². The van der Waals surface area contributed by atoms with Gasteiger partial charge in [0.05, 0.1) is 7.11 Å². The number of ether oxygens (including phenoxy) is 2. The first kappa shape index (κ1) is 20.2. The van der Waals surface area contributed by atoms with Crippen LogP contribution in [0.25, 0.3) is 10.8 Å². The Hall–Kier alpha value is -2.56. The summed E-state index contributed by atoms with van der Waals surface area (Å²) in [5.74, 6) is 0.407. The predicted octanol–water partition coefficient (Wildman–Crippen LogP) is 4.16. The first-order valence-corrected chi connectivity index (χ1v) is 10.2. The van der Waals surface area contributed by atoms with Gasteiger partial charge in [-0.1, -0.05) is 49.9 Å². The lowest BCUT2D eigenvalue weighted by Crippen LogP contribution is -2.37. The Morgan fingerprint density at radius 1 is 1.00 bits per heavy atom. The molecule has 0 saturated heterocycles. The Balaban J connectivity index is 1.56. The lowest BCUT2D eigenvalue weighted by atomic mass is 10.0. The number of methoxy groups -OCH3 is 1. The van der Waals surface area contributed by atoms with Crippen LogP contribution in [-0.2, 0) is 20.7 Å². The molecule has 150 valence electrons. The SMILES string of the molecule is COC(=O)CCc1ccc2ccc(OCC(=O)NC3CCCCCC3)cc2c1. The molecule has 1 amide bonds. The van der Waals surface area contributed by atoms with Crippen LogP contribution in [0.5, 0.6) is 5.75 Å². The minimum atomic E-state index is -0.211. The Labute approximate surface area is 166 Å². The number of benzene rings is 2. The van der Waals surface area contributed by atoms with Crippen LogP contribution in [0.1, 0.15) is 50.5 Å². The standard InChI is InChI=1S/C23H29NO4/c1-27-23(26)13-9-17-8-10-18-11-12-21(15-19(18)14-17)28-16-22(25)24-20-6-4-2-3-5-7-20/h8,10-12,14-15,20H,2-7,9,13,16H2,1H3,(H,24,25). The number of aryl methyl sites for hydroxylation is 1. The third kappa shape index (κ3) is 5.98. The summed E-state index contributed by atoms with van der Waals surface area (Å²) in [6.07, 6.45) is 8.04. The highest BCUT2D eigenvalue weighted by molar-refractivity contribution is 5.85. The largest absolute Gasteiger partial charge is 0.484 e. The smallest absolute Gasteiger partial charge is 0.305 e. The summed E-state index contributed by atoms with van der Waals surface area (Å²) < 4.78 is 10.4. The third-order valence-corrected chi connectivity index (χ3v) is 5.31. The molecule has 28 heavy (non-hydrogen) atoms. The zero-order valence-corrected chi connectivity index (χ0v) is 16.5. The Morgan fingerprint density at radius 3 is 2.50 bits per heavy atom. The number of rotatable bonds is 7. The van der Waals surface area contributed by atoms with Gasteiger partial charge in [0.15, 0.2) is 6.61 Å². The number of hydrogen-bond donors (Lipinski definition) is 1. The number of hydrogen-bond acceptors (Lipinski definition) is 4. The van der Waals surface area contributed by atoms with E-state index in [2.05, 4.69) is 11.4 Å². The van der Waals surface area contributed by atoms with Gasteiger partial charge in [-0.25, -0.2) is 0 Å². The van der Waals surface area contributed by atoms with Crippen molar-refractivity contribution < 1.29 is 19.1 Å². The van der Waals surface area contributed by atoms with Crippen LogP contribution in [0.3, 0.4) is 0 Å². The second-order valence-corrected chi connectivity index (χ2v) is 7.46. The number of esters is 1. The molecule has 0 aliphatic heterocycles. The number of carbonyl (C=O) groups is 2. The topological polar surface area (TPSA) is 64.6 Å². The molecule has 1 aliphatic rings. The molecule has 5 nitrogen and oxygen atoms in total. The van der Waals surface area contributed by atoms with Gasteiger partial charge >= 0.3 is 5.97 Å². The molecule has 0 aromatic heterocycles. The van der Waals surface area contributed by atoms with Gasteiger partial charge in [0.2, 0.25) is 0 Å². The number of fused-ring (bicyclic) bond motifs is 1. The highest BCUT2D eigenvalue weighted by atomic mass is 16.5. The molecular weight excluding hydrogens is 354 g/mol. The lowest BCUT2D eigenvalue weighted by molar-refractivity contribution is -0.140. The zero-order valence-electron chi connectivity index (χ0n) is 16.5. The second-order valence-electron chi connectivity index (χ2n) is 7.46. The quantitative estimate of drug-likeness (QED) is 0.576. The monoisotopic (exact) mass is 383 g/mol. The van der Waals surface area contributed by atoms with Gasteiger partial charge in [-0.2, -0.15) is 0 Å². The molecule has 0 radical (unpaired) electrons. The van der Waals surface area contributed by atoms with Gasteiger partial charge in [-0.15, -0.1) is 0 Å². The molecular formula is C23H29NO4. The minimum absolute atomic E-state index is 0.0318.